The molecule has 3 aromatic rings. The number of halogens is 3. The highest BCUT2D eigenvalue weighted by molar-refractivity contribution is 6.31. The maximum absolute atomic E-state index is 16.0. The van der Waals surface area contributed by atoms with Crippen molar-refractivity contribution in [2.45, 2.75) is 42.9 Å². The third-order valence-corrected chi connectivity index (χ3v) is 9.47. The third kappa shape index (κ3) is 4.93. The summed E-state index contributed by atoms with van der Waals surface area (Å²) >= 11 is 12.6. The lowest BCUT2D eigenvalue weighted by Gasteiger charge is -2.39. The lowest BCUT2D eigenvalue weighted by atomic mass is 9.73. The Kier molecular flexibility index (Phi) is 8.10. The van der Waals surface area contributed by atoms with Gasteiger partial charge in [-0.3, -0.25) is 19.8 Å². The second-order valence-corrected chi connectivity index (χ2v) is 12.2. The van der Waals surface area contributed by atoms with Crippen molar-refractivity contribution in [2.24, 2.45) is 5.92 Å². The molecule has 1 amide bonds. The normalized spacial score (nSPS) is 24.4. The highest BCUT2D eigenvalue weighted by atomic mass is 35.5. The van der Waals surface area contributed by atoms with Crippen LogP contribution in [0.15, 0.2) is 54.6 Å². The minimum absolute atomic E-state index is 0.116. The van der Waals surface area contributed by atoms with E-state index in [0.29, 0.717) is 22.8 Å². The molecule has 4 atom stereocenters. The summed E-state index contributed by atoms with van der Waals surface area (Å²) in [5, 5.41) is 29.4. The van der Waals surface area contributed by atoms with Gasteiger partial charge in [0.15, 0.2) is 0 Å². The van der Waals surface area contributed by atoms with Crippen molar-refractivity contribution in [3.63, 3.8) is 0 Å². The summed E-state index contributed by atoms with van der Waals surface area (Å²) in [7, 11) is 1.21. The molecule has 10 nitrogen and oxygen atoms in total. The maximum Gasteiger partial charge on any atom is 0.337 e. The van der Waals surface area contributed by atoms with Crippen LogP contribution in [-0.2, 0) is 21.6 Å². The van der Waals surface area contributed by atoms with Gasteiger partial charge in [-0.15, -0.1) is 0 Å². The molecule has 3 aliphatic rings. The maximum atomic E-state index is 16.0. The van der Waals surface area contributed by atoms with Gasteiger partial charge in [-0.05, 0) is 54.7 Å². The molecule has 44 heavy (non-hydrogen) atoms. The Morgan fingerprint density at radius 3 is 2.68 bits per heavy atom. The number of ether oxygens (including phenoxy) is 1. The number of carbonyl (C=O) groups excluding carboxylic acids is 2. The molecule has 1 unspecified atom stereocenters. The lowest BCUT2D eigenvalue weighted by Crippen LogP contribution is -2.53. The number of nitrogens with one attached hydrogen (secondary N) is 2. The smallest absolute Gasteiger partial charge is 0.337 e. The van der Waals surface area contributed by atoms with Gasteiger partial charge in [0.1, 0.15) is 11.4 Å². The van der Waals surface area contributed by atoms with E-state index >= 15 is 4.39 Å². The molecule has 6 rings (SSSR count). The van der Waals surface area contributed by atoms with E-state index < -0.39 is 52.8 Å². The first-order valence-corrected chi connectivity index (χ1v) is 14.9. The standard InChI is InChI=1S/C31H29Cl2FN4O6/c1-44-29(40)17-7-10-24(38(42)43)18(11-17)13-35-28-25(15-39)37(14-16-5-6-16)31(26(28)20-3-2-4-22(33)27(20)34)21-9-8-19(32)12-23(21)36-30(31)41/h2-4,7-12,16,25-26,28,35,39H,5-6,13-15H2,1H3,(H,36,41)/t25-,26?,28+,31+/m1/s1. The zero-order valence-corrected chi connectivity index (χ0v) is 25.1. The van der Waals surface area contributed by atoms with Crippen molar-refractivity contribution >= 4 is 46.5 Å². The van der Waals surface area contributed by atoms with E-state index in [1.807, 2.05) is 4.90 Å². The molecule has 0 aromatic heterocycles. The SMILES string of the molecule is COC(=O)c1ccc([N+](=O)[O-])c(CN[C@@H]2C(c3cccc(Cl)c3F)[C@@]3(C(=O)Nc4cc(Cl)ccc43)N(CC3CC3)[C@@H]2CO)c1. The number of rotatable bonds is 9. The van der Waals surface area contributed by atoms with Crippen LogP contribution in [0.25, 0.3) is 0 Å². The number of likely N-dealkylation sites (tertiary alicyclic amines) is 1. The molecule has 2 heterocycles. The van der Waals surface area contributed by atoms with Crippen LogP contribution in [0.3, 0.4) is 0 Å². The van der Waals surface area contributed by atoms with Crippen molar-refractivity contribution in [3.8, 4) is 0 Å². The number of fused-ring (bicyclic) bond motifs is 2. The van der Waals surface area contributed by atoms with Gasteiger partial charge >= 0.3 is 5.97 Å². The topological polar surface area (TPSA) is 134 Å². The van der Waals surface area contributed by atoms with Gasteiger partial charge < -0.3 is 20.5 Å². The Labute approximate surface area is 262 Å². The molecule has 2 aliphatic heterocycles. The molecule has 13 heteroatoms. The van der Waals surface area contributed by atoms with E-state index in [1.54, 1.807) is 30.3 Å². The number of hydrogen-bond donors (Lipinski definition) is 3. The summed E-state index contributed by atoms with van der Waals surface area (Å²) in [6.07, 6.45) is 1.89. The summed E-state index contributed by atoms with van der Waals surface area (Å²) in [5.74, 6) is -2.44. The number of methoxy groups -OCH3 is 1. The van der Waals surface area contributed by atoms with Crippen molar-refractivity contribution in [1.82, 2.24) is 10.2 Å². The average molecular weight is 643 g/mol. The van der Waals surface area contributed by atoms with Crippen LogP contribution in [0, 0.1) is 21.8 Å². The predicted molar refractivity (Wildman–Crippen MR) is 161 cm³/mol. The van der Waals surface area contributed by atoms with E-state index in [2.05, 4.69) is 10.6 Å². The zero-order valence-electron chi connectivity index (χ0n) is 23.6. The van der Waals surface area contributed by atoms with Crippen LogP contribution in [0.2, 0.25) is 10.0 Å². The van der Waals surface area contributed by atoms with Gasteiger partial charge in [0.05, 0.1) is 35.3 Å². The molecule has 1 aliphatic carbocycles. The summed E-state index contributed by atoms with van der Waals surface area (Å²) in [6.45, 7) is -0.0791. The first-order valence-electron chi connectivity index (χ1n) is 14.1. The fourth-order valence-corrected chi connectivity index (χ4v) is 7.24. The second kappa shape index (κ2) is 11.7. The number of amides is 1. The second-order valence-electron chi connectivity index (χ2n) is 11.4. The highest BCUT2D eigenvalue weighted by Gasteiger charge is 2.67. The summed E-state index contributed by atoms with van der Waals surface area (Å²) < 4.78 is 20.8. The molecular formula is C31H29Cl2FN4O6. The molecule has 2 fully saturated rings. The number of hydrogen-bond acceptors (Lipinski definition) is 8. The van der Waals surface area contributed by atoms with Crippen molar-refractivity contribution < 1.29 is 28.7 Å². The van der Waals surface area contributed by atoms with Gasteiger partial charge in [-0.25, -0.2) is 9.18 Å². The van der Waals surface area contributed by atoms with Gasteiger partial charge in [0.25, 0.3) is 5.69 Å². The fourth-order valence-electron chi connectivity index (χ4n) is 6.88. The molecule has 0 radical (unpaired) electrons. The van der Waals surface area contributed by atoms with Crippen LogP contribution in [0.4, 0.5) is 15.8 Å². The van der Waals surface area contributed by atoms with Crippen LogP contribution >= 0.6 is 23.2 Å². The summed E-state index contributed by atoms with van der Waals surface area (Å²) in [4.78, 5) is 39.9. The molecule has 230 valence electrons. The number of aliphatic hydroxyl groups excluding tert-OH is 1. The number of benzene rings is 3. The minimum atomic E-state index is -1.47. The number of carbonyl (C=O) groups is 2. The number of nitro benzene ring substituents is 1. The zero-order chi connectivity index (χ0) is 31.3. The van der Waals surface area contributed by atoms with Gasteiger partial charge in [0.2, 0.25) is 5.91 Å². The molecule has 1 saturated heterocycles. The molecule has 1 spiro atoms. The summed E-state index contributed by atoms with van der Waals surface area (Å²) in [6, 6.07) is 12.0. The Balaban J connectivity index is 1.53. The number of nitrogens with zero attached hydrogens (tertiary/aromatic N) is 2. The third-order valence-electron chi connectivity index (χ3n) is 8.94. The number of esters is 1. The molecule has 1 saturated carbocycles. The molecule has 0 bridgehead atoms. The minimum Gasteiger partial charge on any atom is -0.465 e. The van der Waals surface area contributed by atoms with E-state index in [-0.39, 0.29) is 39.9 Å². The largest absolute Gasteiger partial charge is 0.465 e. The van der Waals surface area contributed by atoms with Gasteiger partial charge in [-0.2, -0.15) is 0 Å². The van der Waals surface area contributed by atoms with Crippen molar-refractivity contribution in [3.05, 3.63) is 103 Å². The van der Waals surface area contributed by atoms with Crippen LogP contribution in [0.5, 0.6) is 0 Å². The lowest BCUT2D eigenvalue weighted by molar-refractivity contribution is -0.385. The molecule has 3 N–H and O–H groups in total. The van der Waals surface area contributed by atoms with Crippen LogP contribution < -0.4 is 10.6 Å². The Morgan fingerprint density at radius 1 is 1.23 bits per heavy atom. The van der Waals surface area contributed by atoms with E-state index in [1.165, 1.54) is 31.4 Å². The average Bonchev–Trinajstić information content (AvgIpc) is 3.73. The number of nitro groups is 1. The van der Waals surface area contributed by atoms with E-state index in [0.717, 1.165) is 12.8 Å². The van der Waals surface area contributed by atoms with Crippen molar-refractivity contribution in [1.29, 1.82) is 0 Å². The van der Waals surface area contributed by atoms with Gasteiger partial charge in [-0.1, -0.05) is 41.4 Å². The predicted octanol–water partition coefficient (Wildman–Crippen LogP) is 5.00. The Hall–Kier alpha value is -3.61. The van der Waals surface area contributed by atoms with Gasteiger partial charge in [0, 0.05) is 53.0 Å². The van der Waals surface area contributed by atoms with Crippen LogP contribution in [0.1, 0.15) is 45.8 Å². The monoisotopic (exact) mass is 642 g/mol. The first-order chi connectivity index (χ1) is 21.1. The van der Waals surface area contributed by atoms with E-state index in [9.17, 15) is 24.8 Å². The molecule has 3 aromatic carbocycles. The Morgan fingerprint density at radius 2 is 2.00 bits per heavy atom. The molecular weight excluding hydrogens is 614 g/mol. The first kappa shape index (κ1) is 30.4. The quantitative estimate of drug-likeness (QED) is 0.169. The highest BCUT2D eigenvalue weighted by Crippen LogP contribution is 2.58. The van der Waals surface area contributed by atoms with Crippen molar-refractivity contribution in [2.75, 3.05) is 25.6 Å². The number of anilines is 1. The number of aliphatic hydroxyl groups is 1. The van der Waals surface area contributed by atoms with E-state index in [4.69, 9.17) is 27.9 Å². The van der Waals surface area contributed by atoms with Crippen LogP contribution in [-0.4, -0.2) is 59.2 Å². The summed E-state index contributed by atoms with van der Waals surface area (Å²) in [5.41, 5.74) is -0.200. The fraction of sp³-hybridized carbons (Fsp3) is 0.355. The Bertz CT molecular complexity index is 1670.